The Balaban J connectivity index is 0.000000438. The summed E-state index contributed by atoms with van der Waals surface area (Å²) in [6, 6.07) is 15.1. The van der Waals surface area contributed by atoms with Gasteiger partial charge in [0.15, 0.2) is 0 Å². The van der Waals surface area contributed by atoms with Crippen LogP contribution in [0.3, 0.4) is 0 Å². The van der Waals surface area contributed by atoms with Crippen LogP contribution in [0.5, 0.6) is 0 Å². The third-order valence-corrected chi connectivity index (χ3v) is 4.72. The van der Waals surface area contributed by atoms with E-state index in [0.29, 0.717) is 10.6 Å². The molecule has 2 aromatic carbocycles. The van der Waals surface area contributed by atoms with Crippen molar-refractivity contribution in [3.63, 3.8) is 0 Å². The number of carboxylic acid groups (broad SMARTS) is 2. The molecule has 0 aromatic heterocycles. The zero-order valence-corrected chi connectivity index (χ0v) is 16.9. The highest BCUT2D eigenvalue weighted by Gasteiger charge is 2.22. The second-order valence-corrected chi connectivity index (χ2v) is 7.19. The molecular formula is C20H20Cl2N2O5. The Labute approximate surface area is 178 Å². The van der Waals surface area contributed by atoms with Crippen LogP contribution >= 0.6 is 23.2 Å². The Morgan fingerprint density at radius 1 is 0.828 bits per heavy atom. The number of hydrogen-bond donors (Lipinski definition) is 2. The Kier molecular flexibility index (Phi) is 8.45. The zero-order valence-electron chi connectivity index (χ0n) is 15.4. The Morgan fingerprint density at radius 2 is 1.41 bits per heavy atom. The van der Waals surface area contributed by atoms with Crippen molar-refractivity contribution in [1.29, 1.82) is 0 Å². The largest absolute Gasteiger partial charge is 0.473 e. The van der Waals surface area contributed by atoms with Gasteiger partial charge in [-0.3, -0.25) is 9.69 Å². The monoisotopic (exact) mass is 438 g/mol. The number of amides is 1. The molecule has 0 spiro atoms. The van der Waals surface area contributed by atoms with Crippen LogP contribution in [-0.4, -0.2) is 64.0 Å². The summed E-state index contributed by atoms with van der Waals surface area (Å²) in [5, 5.41) is 16.1. The molecule has 1 fully saturated rings. The summed E-state index contributed by atoms with van der Waals surface area (Å²) in [7, 11) is 0. The van der Waals surface area contributed by atoms with Gasteiger partial charge in [0.05, 0.1) is 0 Å². The van der Waals surface area contributed by atoms with Crippen molar-refractivity contribution in [3.05, 3.63) is 69.7 Å². The predicted octanol–water partition coefficient (Wildman–Crippen LogP) is 3.11. The molecule has 2 N–H and O–H groups in total. The SMILES string of the molecule is O=C(O)C(=O)O.O=C(c1cccc(Cl)c1)N1CCN(Cc2ccc(Cl)cc2)CC1. The summed E-state index contributed by atoms with van der Waals surface area (Å²) >= 11 is 11.9. The molecule has 0 aliphatic carbocycles. The van der Waals surface area contributed by atoms with Crippen LogP contribution in [0.25, 0.3) is 0 Å². The third-order valence-electron chi connectivity index (χ3n) is 4.23. The molecule has 0 bridgehead atoms. The number of carbonyl (C=O) groups excluding carboxylic acids is 1. The van der Waals surface area contributed by atoms with E-state index in [9.17, 15) is 4.79 Å². The summed E-state index contributed by atoms with van der Waals surface area (Å²) in [5.74, 6) is -3.59. The molecule has 7 nitrogen and oxygen atoms in total. The predicted molar refractivity (Wildman–Crippen MR) is 109 cm³/mol. The maximum absolute atomic E-state index is 12.5. The lowest BCUT2D eigenvalue weighted by Crippen LogP contribution is -2.48. The van der Waals surface area contributed by atoms with Gasteiger partial charge in [0.25, 0.3) is 5.91 Å². The first-order chi connectivity index (χ1) is 13.8. The molecule has 154 valence electrons. The molecule has 1 amide bonds. The highest BCUT2D eigenvalue weighted by molar-refractivity contribution is 6.31. The van der Waals surface area contributed by atoms with Crippen LogP contribution in [0.15, 0.2) is 48.5 Å². The molecule has 9 heteroatoms. The number of benzene rings is 2. The quantitative estimate of drug-likeness (QED) is 0.714. The zero-order chi connectivity index (χ0) is 21.4. The Bertz CT molecular complexity index is 853. The summed E-state index contributed by atoms with van der Waals surface area (Å²) < 4.78 is 0. The number of carbonyl (C=O) groups is 3. The van der Waals surface area contributed by atoms with Crippen LogP contribution in [0, 0.1) is 0 Å². The number of nitrogens with zero attached hydrogens (tertiary/aromatic N) is 2. The van der Waals surface area contributed by atoms with E-state index in [1.165, 1.54) is 5.56 Å². The average Bonchev–Trinajstić information content (AvgIpc) is 2.70. The maximum Gasteiger partial charge on any atom is 0.414 e. The summed E-state index contributed by atoms with van der Waals surface area (Å²) in [6.45, 7) is 4.10. The lowest BCUT2D eigenvalue weighted by Gasteiger charge is -2.34. The molecule has 1 heterocycles. The summed E-state index contributed by atoms with van der Waals surface area (Å²) in [5.41, 5.74) is 1.90. The fourth-order valence-electron chi connectivity index (χ4n) is 2.76. The maximum atomic E-state index is 12.5. The topological polar surface area (TPSA) is 98.1 Å². The number of halogens is 2. The van der Waals surface area contributed by atoms with E-state index < -0.39 is 11.9 Å². The first kappa shape index (κ1) is 22.7. The van der Waals surface area contributed by atoms with E-state index in [0.717, 1.165) is 37.7 Å². The lowest BCUT2D eigenvalue weighted by atomic mass is 10.1. The fraction of sp³-hybridized carbons (Fsp3) is 0.250. The van der Waals surface area contributed by atoms with E-state index in [4.69, 9.17) is 43.0 Å². The van der Waals surface area contributed by atoms with Gasteiger partial charge in [-0.25, -0.2) is 9.59 Å². The van der Waals surface area contributed by atoms with Crippen LogP contribution in [0.2, 0.25) is 10.0 Å². The molecule has 1 saturated heterocycles. The number of hydrogen-bond acceptors (Lipinski definition) is 4. The van der Waals surface area contributed by atoms with E-state index in [2.05, 4.69) is 4.90 Å². The van der Waals surface area contributed by atoms with Crippen molar-refractivity contribution in [2.45, 2.75) is 6.54 Å². The van der Waals surface area contributed by atoms with Crippen molar-refractivity contribution >= 4 is 41.0 Å². The highest BCUT2D eigenvalue weighted by Crippen LogP contribution is 2.16. The summed E-state index contributed by atoms with van der Waals surface area (Å²) in [6.07, 6.45) is 0. The van der Waals surface area contributed by atoms with E-state index in [-0.39, 0.29) is 5.91 Å². The van der Waals surface area contributed by atoms with Gasteiger partial charge in [0.2, 0.25) is 0 Å². The van der Waals surface area contributed by atoms with Gasteiger partial charge >= 0.3 is 11.9 Å². The number of carboxylic acids is 2. The lowest BCUT2D eigenvalue weighted by molar-refractivity contribution is -0.159. The molecule has 1 aliphatic heterocycles. The minimum atomic E-state index is -1.82. The van der Waals surface area contributed by atoms with E-state index in [1.807, 2.05) is 41.3 Å². The van der Waals surface area contributed by atoms with Gasteiger partial charge in [0.1, 0.15) is 0 Å². The van der Waals surface area contributed by atoms with Crippen LogP contribution in [-0.2, 0) is 16.1 Å². The number of piperazine rings is 1. The molecule has 0 saturated carbocycles. The molecule has 0 unspecified atom stereocenters. The molecule has 0 radical (unpaired) electrons. The molecule has 2 aromatic rings. The van der Waals surface area contributed by atoms with Gasteiger partial charge in [-0.1, -0.05) is 41.4 Å². The second kappa shape index (κ2) is 10.8. The Morgan fingerprint density at radius 3 is 1.93 bits per heavy atom. The van der Waals surface area contributed by atoms with Gasteiger partial charge < -0.3 is 15.1 Å². The highest BCUT2D eigenvalue weighted by atomic mass is 35.5. The second-order valence-electron chi connectivity index (χ2n) is 6.32. The van der Waals surface area contributed by atoms with Gasteiger partial charge in [-0.15, -0.1) is 0 Å². The molecule has 3 rings (SSSR count). The van der Waals surface area contributed by atoms with E-state index >= 15 is 0 Å². The smallest absolute Gasteiger partial charge is 0.414 e. The standard InChI is InChI=1S/C18H18Cl2N2O.C2H2O4/c19-16-6-4-14(5-7-16)13-21-8-10-22(11-9-21)18(23)15-2-1-3-17(20)12-15;3-1(4)2(5)6/h1-7,12H,8-11,13H2;(H,3,4)(H,5,6). The van der Waals surface area contributed by atoms with Crippen LogP contribution < -0.4 is 0 Å². The fourth-order valence-corrected chi connectivity index (χ4v) is 3.08. The normalized spacial score (nSPS) is 13.9. The van der Waals surface area contributed by atoms with Crippen LogP contribution in [0.1, 0.15) is 15.9 Å². The van der Waals surface area contributed by atoms with Gasteiger partial charge in [0, 0.05) is 48.3 Å². The molecule has 0 atom stereocenters. The van der Waals surface area contributed by atoms with Gasteiger partial charge in [-0.05, 0) is 35.9 Å². The van der Waals surface area contributed by atoms with Crippen molar-refractivity contribution < 1.29 is 24.6 Å². The van der Waals surface area contributed by atoms with Crippen LogP contribution in [0.4, 0.5) is 0 Å². The minimum absolute atomic E-state index is 0.0543. The van der Waals surface area contributed by atoms with Crippen molar-refractivity contribution in [1.82, 2.24) is 9.80 Å². The minimum Gasteiger partial charge on any atom is -0.473 e. The first-order valence-electron chi connectivity index (χ1n) is 8.74. The molecular weight excluding hydrogens is 419 g/mol. The third kappa shape index (κ3) is 7.38. The summed E-state index contributed by atoms with van der Waals surface area (Å²) in [4.78, 5) is 34.9. The van der Waals surface area contributed by atoms with Crippen molar-refractivity contribution in [2.24, 2.45) is 0 Å². The van der Waals surface area contributed by atoms with E-state index in [1.54, 1.807) is 12.1 Å². The van der Waals surface area contributed by atoms with Crippen molar-refractivity contribution in [2.75, 3.05) is 26.2 Å². The van der Waals surface area contributed by atoms with Crippen molar-refractivity contribution in [3.8, 4) is 0 Å². The molecule has 29 heavy (non-hydrogen) atoms. The Hall–Kier alpha value is -2.61. The first-order valence-corrected chi connectivity index (χ1v) is 9.49. The van der Waals surface area contributed by atoms with Gasteiger partial charge in [-0.2, -0.15) is 0 Å². The molecule has 1 aliphatic rings. The average molecular weight is 439 g/mol. The number of rotatable bonds is 3. The number of aliphatic carboxylic acids is 2.